The van der Waals surface area contributed by atoms with Crippen LogP contribution < -0.4 is 0 Å². The maximum absolute atomic E-state index is 12.0. The molecule has 0 radical (unpaired) electrons. The molecule has 0 aliphatic carbocycles. The van der Waals surface area contributed by atoms with Gasteiger partial charge in [-0.2, -0.15) is 0 Å². The molecule has 0 spiro atoms. The molecule has 21 heavy (non-hydrogen) atoms. The number of ether oxygens (including phenoxy) is 1. The number of carboxylic acids is 1. The monoisotopic (exact) mass is 303 g/mol. The first-order chi connectivity index (χ1) is 9.70. The van der Waals surface area contributed by atoms with Crippen molar-refractivity contribution >= 4 is 12.1 Å². The van der Waals surface area contributed by atoms with Crippen LogP contribution in [-0.2, 0) is 19.3 Å². The Labute approximate surface area is 125 Å². The molecule has 1 amide bonds. The van der Waals surface area contributed by atoms with E-state index in [9.17, 15) is 14.7 Å². The van der Waals surface area contributed by atoms with Crippen LogP contribution in [0.15, 0.2) is 0 Å². The predicted molar refractivity (Wildman–Crippen MR) is 74.7 cm³/mol. The minimum absolute atomic E-state index is 0.0155. The predicted octanol–water partition coefficient (Wildman–Crippen LogP) is 2.06. The van der Waals surface area contributed by atoms with Crippen LogP contribution in [0.3, 0.4) is 0 Å². The number of carbonyl (C=O) groups is 2. The molecule has 1 N–H and O–H groups in total. The number of rotatable bonds is 5. The van der Waals surface area contributed by atoms with E-state index in [1.54, 1.807) is 27.7 Å². The molecule has 0 atom stereocenters. The van der Waals surface area contributed by atoms with Gasteiger partial charge >= 0.3 is 12.1 Å². The van der Waals surface area contributed by atoms with Crippen LogP contribution in [0, 0.1) is 5.41 Å². The van der Waals surface area contributed by atoms with Crippen molar-refractivity contribution in [3.8, 4) is 0 Å². The van der Waals surface area contributed by atoms with Gasteiger partial charge in [-0.1, -0.05) is 0 Å². The van der Waals surface area contributed by atoms with Gasteiger partial charge in [0.15, 0.2) is 0 Å². The van der Waals surface area contributed by atoms with E-state index in [1.165, 1.54) is 4.90 Å². The van der Waals surface area contributed by atoms with Gasteiger partial charge in [0.1, 0.15) is 5.60 Å². The van der Waals surface area contributed by atoms with Crippen LogP contribution in [0.2, 0.25) is 0 Å². The molecular formula is C14H25NO6. The third kappa shape index (κ3) is 5.17. The zero-order chi connectivity index (χ0) is 16.1. The fourth-order valence-electron chi connectivity index (χ4n) is 2.10. The molecule has 0 saturated carbocycles. The number of likely N-dealkylation sites (tertiary alicyclic amines) is 1. The van der Waals surface area contributed by atoms with Crippen LogP contribution in [0.4, 0.5) is 4.79 Å². The number of hydrogen-bond acceptors (Lipinski definition) is 5. The second-order valence-corrected chi connectivity index (χ2v) is 6.22. The van der Waals surface area contributed by atoms with E-state index in [-0.39, 0.29) is 6.61 Å². The minimum Gasteiger partial charge on any atom is -0.481 e. The molecule has 0 aromatic carbocycles. The Morgan fingerprint density at radius 1 is 1.19 bits per heavy atom. The van der Waals surface area contributed by atoms with Crippen LogP contribution in [0.1, 0.15) is 40.5 Å². The second kappa shape index (κ2) is 7.09. The lowest BCUT2D eigenvalue weighted by Gasteiger charge is -2.38. The number of hydrogen-bond donors (Lipinski definition) is 1. The Kier molecular flexibility index (Phi) is 5.98. The maximum atomic E-state index is 12.0. The summed E-state index contributed by atoms with van der Waals surface area (Å²) in [6, 6.07) is 0. The summed E-state index contributed by atoms with van der Waals surface area (Å²) in [6.07, 6.45) is 0.218. The Morgan fingerprint density at radius 2 is 1.76 bits per heavy atom. The number of piperidine rings is 1. The van der Waals surface area contributed by atoms with E-state index >= 15 is 0 Å². The Hall–Kier alpha value is -1.34. The highest BCUT2D eigenvalue weighted by Gasteiger charge is 2.43. The van der Waals surface area contributed by atoms with Gasteiger partial charge < -0.3 is 14.7 Å². The van der Waals surface area contributed by atoms with E-state index in [0.717, 1.165) is 0 Å². The number of nitrogens with zero attached hydrogens (tertiary/aromatic N) is 1. The minimum atomic E-state index is -1.01. The second-order valence-electron chi connectivity index (χ2n) is 6.22. The summed E-state index contributed by atoms with van der Waals surface area (Å²) in [5.41, 5.74) is -1.57. The molecule has 0 unspecified atom stereocenters. The van der Waals surface area contributed by atoms with Crippen molar-refractivity contribution in [3.05, 3.63) is 0 Å². The van der Waals surface area contributed by atoms with Crippen molar-refractivity contribution in [2.75, 3.05) is 26.3 Å². The quantitative estimate of drug-likeness (QED) is 0.475. The number of carbonyl (C=O) groups excluding carboxylic acids is 1. The fraction of sp³-hybridized carbons (Fsp3) is 0.857. The van der Waals surface area contributed by atoms with Crippen molar-refractivity contribution < 1.29 is 29.2 Å². The molecule has 122 valence electrons. The van der Waals surface area contributed by atoms with Gasteiger partial charge in [-0.25, -0.2) is 14.6 Å². The van der Waals surface area contributed by atoms with Gasteiger partial charge in [-0.15, -0.1) is 0 Å². The summed E-state index contributed by atoms with van der Waals surface area (Å²) in [5.74, 6) is -0.925. The van der Waals surface area contributed by atoms with E-state index in [2.05, 4.69) is 0 Å². The highest BCUT2D eigenvalue weighted by Crippen LogP contribution is 2.33. The van der Waals surface area contributed by atoms with Crippen LogP contribution >= 0.6 is 0 Å². The highest BCUT2D eigenvalue weighted by atomic mass is 17.2. The van der Waals surface area contributed by atoms with Crippen molar-refractivity contribution in [1.82, 2.24) is 4.90 Å². The molecule has 7 nitrogen and oxygen atoms in total. The normalized spacial score (nSPS) is 18.4. The zero-order valence-electron chi connectivity index (χ0n) is 13.2. The highest BCUT2D eigenvalue weighted by molar-refractivity contribution is 5.76. The first-order valence-corrected chi connectivity index (χ1v) is 7.16. The van der Waals surface area contributed by atoms with Crippen LogP contribution in [0.5, 0.6) is 0 Å². The van der Waals surface area contributed by atoms with Gasteiger partial charge in [0.25, 0.3) is 0 Å². The average molecular weight is 303 g/mol. The molecular weight excluding hydrogens is 278 g/mol. The summed E-state index contributed by atoms with van der Waals surface area (Å²) >= 11 is 0. The summed E-state index contributed by atoms with van der Waals surface area (Å²) in [4.78, 5) is 34.7. The molecule has 1 fully saturated rings. The zero-order valence-corrected chi connectivity index (χ0v) is 13.2. The van der Waals surface area contributed by atoms with E-state index in [4.69, 9.17) is 14.5 Å². The van der Waals surface area contributed by atoms with Crippen molar-refractivity contribution in [2.45, 2.75) is 46.1 Å². The Morgan fingerprint density at radius 3 is 2.19 bits per heavy atom. The summed E-state index contributed by atoms with van der Waals surface area (Å²) in [5, 5.41) is 9.43. The molecule has 0 aromatic heterocycles. The van der Waals surface area contributed by atoms with Crippen LogP contribution in [-0.4, -0.2) is 54.0 Å². The van der Waals surface area contributed by atoms with Gasteiger partial charge in [-0.3, -0.25) is 4.79 Å². The molecule has 0 aromatic rings. The maximum Gasteiger partial charge on any atom is 0.410 e. The third-order valence-electron chi connectivity index (χ3n) is 3.36. The van der Waals surface area contributed by atoms with Crippen molar-refractivity contribution in [2.24, 2.45) is 5.41 Å². The SMILES string of the molecule is CCOOCC1(C(=O)O)CCN(C(=O)OC(C)(C)C)CC1. The van der Waals surface area contributed by atoms with E-state index in [0.29, 0.717) is 32.5 Å². The van der Waals surface area contributed by atoms with Gasteiger partial charge in [0.2, 0.25) is 0 Å². The molecule has 1 heterocycles. The number of amides is 1. The number of carboxylic acid groups (broad SMARTS) is 1. The molecule has 1 rings (SSSR count). The van der Waals surface area contributed by atoms with Gasteiger partial charge in [-0.05, 0) is 40.5 Å². The molecule has 1 saturated heterocycles. The summed E-state index contributed by atoms with van der Waals surface area (Å²) < 4.78 is 5.29. The molecule has 7 heteroatoms. The van der Waals surface area contributed by atoms with Crippen LogP contribution in [0.25, 0.3) is 0 Å². The Bertz CT molecular complexity index is 368. The topological polar surface area (TPSA) is 85.3 Å². The average Bonchev–Trinajstić information content (AvgIpc) is 2.37. The lowest BCUT2D eigenvalue weighted by Crippen LogP contribution is -2.49. The summed E-state index contributed by atoms with van der Waals surface area (Å²) in [7, 11) is 0. The molecule has 0 bridgehead atoms. The van der Waals surface area contributed by atoms with Crippen molar-refractivity contribution in [3.63, 3.8) is 0 Å². The van der Waals surface area contributed by atoms with Gasteiger partial charge in [0.05, 0.1) is 18.6 Å². The smallest absolute Gasteiger partial charge is 0.410 e. The van der Waals surface area contributed by atoms with E-state index < -0.39 is 23.1 Å². The standard InChI is InChI=1S/C14H25NO6/c1-5-19-20-10-14(11(16)17)6-8-15(9-7-14)12(18)21-13(2,3)4/h5-10H2,1-4H3,(H,16,17). The Balaban J connectivity index is 2.58. The summed E-state index contributed by atoms with van der Waals surface area (Å²) in [6.45, 7) is 8.16. The molecule has 1 aliphatic rings. The lowest BCUT2D eigenvalue weighted by atomic mass is 9.79. The lowest BCUT2D eigenvalue weighted by molar-refractivity contribution is -0.308. The fourth-order valence-corrected chi connectivity index (χ4v) is 2.10. The third-order valence-corrected chi connectivity index (χ3v) is 3.36. The largest absolute Gasteiger partial charge is 0.481 e. The molecule has 1 aliphatic heterocycles. The first kappa shape index (κ1) is 17.7. The van der Waals surface area contributed by atoms with Gasteiger partial charge in [0, 0.05) is 13.1 Å². The first-order valence-electron chi connectivity index (χ1n) is 7.16. The van der Waals surface area contributed by atoms with E-state index in [1.807, 2.05) is 0 Å². The number of aliphatic carboxylic acids is 1. The van der Waals surface area contributed by atoms with Crippen molar-refractivity contribution in [1.29, 1.82) is 0 Å².